The first-order chi connectivity index (χ1) is 12.9. The van der Waals surface area contributed by atoms with Gasteiger partial charge < -0.3 is 9.47 Å². The molecular weight excluding hydrogens is 415 g/mol. The highest BCUT2D eigenvalue weighted by Crippen LogP contribution is 2.37. The van der Waals surface area contributed by atoms with Gasteiger partial charge in [-0.3, -0.25) is 4.79 Å². The summed E-state index contributed by atoms with van der Waals surface area (Å²) in [6.45, 7) is 6.27. The summed E-state index contributed by atoms with van der Waals surface area (Å²) < 4.78 is 25.1. The zero-order chi connectivity index (χ0) is 19.8. The van der Waals surface area contributed by atoms with Crippen molar-refractivity contribution in [1.82, 2.24) is 5.43 Å². The summed E-state index contributed by atoms with van der Waals surface area (Å²) in [7, 11) is 0. The maximum atomic E-state index is 12.9. The molecule has 0 fully saturated rings. The Morgan fingerprint density at radius 1 is 1.30 bits per heavy atom. The number of nitrogens with one attached hydrogen (secondary N) is 1. The van der Waals surface area contributed by atoms with E-state index in [1.165, 1.54) is 18.3 Å². The van der Waals surface area contributed by atoms with E-state index in [-0.39, 0.29) is 24.2 Å². The highest BCUT2D eigenvalue weighted by atomic mass is 79.9. The molecule has 0 saturated carbocycles. The molecule has 144 valence electrons. The molecule has 1 amide bonds. The van der Waals surface area contributed by atoms with Crippen LogP contribution in [0.25, 0.3) is 0 Å². The summed E-state index contributed by atoms with van der Waals surface area (Å²) in [6.07, 6.45) is 1.65. The minimum atomic E-state index is -0.335. The lowest BCUT2D eigenvalue weighted by Gasteiger charge is -2.16. The van der Waals surface area contributed by atoms with E-state index < -0.39 is 0 Å². The van der Waals surface area contributed by atoms with E-state index in [4.69, 9.17) is 9.47 Å². The van der Waals surface area contributed by atoms with Gasteiger partial charge in [0.2, 0.25) is 5.91 Å². The first-order valence-electron chi connectivity index (χ1n) is 8.58. The SMILES string of the molecule is CCOc1cc(/C=N/NC(=O)Cc2ccc(F)cc2)cc(Br)c1OC(C)C. The smallest absolute Gasteiger partial charge is 0.244 e. The van der Waals surface area contributed by atoms with Crippen molar-refractivity contribution in [2.24, 2.45) is 5.10 Å². The van der Waals surface area contributed by atoms with E-state index in [1.807, 2.05) is 26.8 Å². The fraction of sp³-hybridized carbons (Fsp3) is 0.300. The fourth-order valence-electron chi connectivity index (χ4n) is 2.28. The number of hydrazone groups is 1. The van der Waals surface area contributed by atoms with Crippen LogP contribution >= 0.6 is 15.9 Å². The summed E-state index contributed by atoms with van der Waals surface area (Å²) in [5.74, 6) is 0.600. The van der Waals surface area contributed by atoms with Gasteiger partial charge in [0, 0.05) is 0 Å². The van der Waals surface area contributed by atoms with Gasteiger partial charge in [0.15, 0.2) is 11.5 Å². The molecule has 2 aromatic carbocycles. The lowest BCUT2D eigenvalue weighted by molar-refractivity contribution is -0.120. The Morgan fingerprint density at radius 3 is 2.63 bits per heavy atom. The molecule has 0 aromatic heterocycles. The number of amides is 1. The van der Waals surface area contributed by atoms with Gasteiger partial charge in [-0.2, -0.15) is 5.10 Å². The lowest BCUT2D eigenvalue weighted by Crippen LogP contribution is -2.19. The van der Waals surface area contributed by atoms with Crippen molar-refractivity contribution in [2.75, 3.05) is 6.61 Å². The van der Waals surface area contributed by atoms with Crippen LogP contribution in [0.2, 0.25) is 0 Å². The van der Waals surface area contributed by atoms with Crippen LogP contribution in [-0.4, -0.2) is 24.8 Å². The molecule has 0 heterocycles. The van der Waals surface area contributed by atoms with Crippen LogP contribution in [0.3, 0.4) is 0 Å². The molecule has 5 nitrogen and oxygen atoms in total. The van der Waals surface area contributed by atoms with Crippen molar-refractivity contribution in [3.05, 3.63) is 57.8 Å². The molecule has 0 radical (unpaired) electrons. The summed E-state index contributed by atoms with van der Waals surface area (Å²) in [4.78, 5) is 11.9. The molecule has 0 saturated heterocycles. The van der Waals surface area contributed by atoms with Crippen molar-refractivity contribution in [1.29, 1.82) is 0 Å². The molecule has 27 heavy (non-hydrogen) atoms. The number of benzene rings is 2. The summed E-state index contributed by atoms with van der Waals surface area (Å²) in [5, 5.41) is 3.97. The third kappa shape index (κ3) is 6.67. The Bertz CT molecular complexity index is 808. The average molecular weight is 437 g/mol. The molecule has 1 N–H and O–H groups in total. The molecule has 2 aromatic rings. The van der Waals surface area contributed by atoms with Gasteiger partial charge in [-0.1, -0.05) is 12.1 Å². The van der Waals surface area contributed by atoms with E-state index in [9.17, 15) is 9.18 Å². The number of hydrogen-bond donors (Lipinski definition) is 1. The Morgan fingerprint density at radius 2 is 2.00 bits per heavy atom. The van der Waals surface area contributed by atoms with Gasteiger partial charge in [0.1, 0.15) is 5.82 Å². The molecule has 0 aliphatic heterocycles. The zero-order valence-corrected chi connectivity index (χ0v) is 17.0. The van der Waals surface area contributed by atoms with E-state index in [1.54, 1.807) is 18.2 Å². The first kappa shape index (κ1) is 20.9. The van der Waals surface area contributed by atoms with Crippen LogP contribution in [0.4, 0.5) is 4.39 Å². The molecule has 7 heteroatoms. The Hall–Kier alpha value is -2.41. The number of rotatable bonds is 8. The molecule has 0 aliphatic carbocycles. The standard InChI is InChI=1S/C20H22BrFN2O3/c1-4-26-18-10-15(9-17(21)20(18)27-13(2)3)12-23-24-19(25)11-14-5-7-16(22)8-6-14/h5-10,12-13H,4,11H2,1-3H3,(H,24,25)/b23-12+. The minimum Gasteiger partial charge on any atom is -0.490 e. The number of carbonyl (C=O) groups excluding carboxylic acids is 1. The Balaban J connectivity index is 2.04. The minimum absolute atomic E-state index is 0.00535. The highest BCUT2D eigenvalue weighted by Gasteiger charge is 2.13. The van der Waals surface area contributed by atoms with Crippen LogP contribution in [0.1, 0.15) is 31.9 Å². The Kier molecular flexibility index (Phi) is 7.79. The number of carbonyl (C=O) groups is 1. The van der Waals surface area contributed by atoms with Gasteiger partial charge in [-0.15, -0.1) is 0 Å². The number of nitrogens with zero attached hydrogens (tertiary/aromatic N) is 1. The zero-order valence-electron chi connectivity index (χ0n) is 15.5. The van der Waals surface area contributed by atoms with E-state index >= 15 is 0 Å². The van der Waals surface area contributed by atoms with Crippen molar-refractivity contribution in [2.45, 2.75) is 33.3 Å². The van der Waals surface area contributed by atoms with E-state index in [0.29, 0.717) is 23.7 Å². The largest absolute Gasteiger partial charge is 0.490 e. The van der Waals surface area contributed by atoms with Gasteiger partial charge in [0.05, 0.1) is 29.8 Å². The van der Waals surface area contributed by atoms with Crippen LogP contribution < -0.4 is 14.9 Å². The van der Waals surface area contributed by atoms with Gasteiger partial charge >= 0.3 is 0 Å². The number of hydrogen-bond acceptors (Lipinski definition) is 4. The topological polar surface area (TPSA) is 59.9 Å². The lowest BCUT2D eigenvalue weighted by atomic mass is 10.1. The quantitative estimate of drug-likeness (QED) is 0.490. The third-order valence-corrected chi connectivity index (χ3v) is 3.96. The van der Waals surface area contributed by atoms with E-state index in [2.05, 4.69) is 26.5 Å². The highest BCUT2D eigenvalue weighted by molar-refractivity contribution is 9.10. The maximum absolute atomic E-state index is 12.9. The van der Waals surface area contributed by atoms with Crippen molar-refractivity contribution in [3.8, 4) is 11.5 Å². The van der Waals surface area contributed by atoms with Crippen LogP contribution in [0.15, 0.2) is 46.0 Å². The number of ether oxygens (including phenoxy) is 2. The van der Waals surface area contributed by atoms with Crippen LogP contribution in [0, 0.1) is 5.82 Å². The Labute approximate surface area is 166 Å². The monoisotopic (exact) mass is 436 g/mol. The number of halogens is 2. The second kappa shape index (κ2) is 10.1. The van der Waals surface area contributed by atoms with Crippen molar-refractivity contribution >= 4 is 28.1 Å². The molecule has 0 atom stereocenters. The molecule has 0 aliphatic rings. The molecule has 0 unspecified atom stereocenters. The summed E-state index contributed by atoms with van der Waals surface area (Å²) in [5.41, 5.74) is 3.91. The first-order valence-corrected chi connectivity index (χ1v) is 9.37. The second-order valence-corrected chi connectivity index (χ2v) is 6.88. The van der Waals surface area contributed by atoms with Gasteiger partial charge in [-0.05, 0) is 72.1 Å². The summed E-state index contributed by atoms with van der Waals surface area (Å²) >= 11 is 3.48. The van der Waals surface area contributed by atoms with Crippen molar-refractivity contribution < 1.29 is 18.7 Å². The van der Waals surface area contributed by atoms with Crippen LogP contribution in [0.5, 0.6) is 11.5 Å². The van der Waals surface area contributed by atoms with Crippen molar-refractivity contribution in [3.63, 3.8) is 0 Å². The van der Waals surface area contributed by atoms with Gasteiger partial charge in [0.25, 0.3) is 0 Å². The third-order valence-electron chi connectivity index (χ3n) is 3.37. The summed E-state index contributed by atoms with van der Waals surface area (Å²) in [6, 6.07) is 9.39. The predicted molar refractivity (Wildman–Crippen MR) is 107 cm³/mol. The maximum Gasteiger partial charge on any atom is 0.244 e. The van der Waals surface area contributed by atoms with Gasteiger partial charge in [-0.25, -0.2) is 9.82 Å². The molecule has 2 rings (SSSR count). The normalized spacial score (nSPS) is 11.0. The average Bonchev–Trinajstić information content (AvgIpc) is 2.60. The molecule has 0 bridgehead atoms. The predicted octanol–water partition coefficient (Wildman–Crippen LogP) is 4.47. The molecular formula is C20H22BrFN2O3. The van der Waals surface area contributed by atoms with E-state index in [0.717, 1.165) is 10.0 Å². The fourth-order valence-corrected chi connectivity index (χ4v) is 2.83. The second-order valence-electron chi connectivity index (χ2n) is 6.03. The molecule has 0 spiro atoms. The van der Waals surface area contributed by atoms with Crippen LogP contribution in [-0.2, 0) is 11.2 Å².